The zero-order valence-electron chi connectivity index (χ0n) is 7.22. The van der Waals surface area contributed by atoms with Crippen LogP contribution < -0.4 is 5.32 Å². The molecule has 50 valence electrons. The summed E-state index contributed by atoms with van der Waals surface area (Å²) in [4.78, 5) is 11.1. The zero-order chi connectivity index (χ0) is 8.77. The topological polar surface area (TPSA) is 29.1 Å². The van der Waals surface area contributed by atoms with Gasteiger partial charge in [-0.05, 0) is 11.6 Å². The standard InChI is InChI=1S/C8H7NO/c10-8-7-4-2-1-3-6(7)5-9-8/h1-4H,5H2,(H,9,10)/i5D2. The second-order valence-electron chi connectivity index (χ2n) is 2.12. The van der Waals surface area contributed by atoms with Gasteiger partial charge in [0.2, 0.25) is 0 Å². The normalized spacial score (nSPS) is 22.6. The minimum absolute atomic E-state index is 0.337. The second-order valence-corrected chi connectivity index (χ2v) is 2.12. The summed E-state index contributed by atoms with van der Waals surface area (Å²) in [5.74, 6) is -0.337. The van der Waals surface area contributed by atoms with Crippen molar-refractivity contribution in [1.82, 2.24) is 5.32 Å². The van der Waals surface area contributed by atoms with Crippen LogP contribution in [-0.2, 0) is 6.50 Å². The molecule has 0 radical (unpaired) electrons. The zero-order valence-corrected chi connectivity index (χ0v) is 5.22. The maximum atomic E-state index is 11.1. The van der Waals surface area contributed by atoms with Gasteiger partial charge in [-0.15, -0.1) is 0 Å². The summed E-state index contributed by atoms with van der Waals surface area (Å²) in [6, 6.07) is 6.68. The lowest BCUT2D eigenvalue weighted by Crippen LogP contribution is -2.12. The minimum atomic E-state index is -1.70. The molecule has 1 aliphatic rings. The molecule has 1 aliphatic heterocycles. The van der Waals surface area contributed by atoms with Crippen molar-refractivity contribution in [3.63, 3.8) is 0 Å². The quantitative estimate of drug-likeness (QED) is 0.563. The number of fused-ring (bicyclic) bond motifs is 1. The average Bonchev–Trinajstić information content (AvgIpc) is 2.25. The van der Waals surface area contributed by atoms with Crippen molar-refractivity contribution in [2.24, 2.45) is 0 Å². The van der Waals surface area contributed by atoms with Crippen molar-refractivity contribution in [1.29, 1.82) is 0 Å². The van der Waals surface area contributed by atoms with Crippen LogP contribution >= 0.6 is 0 Å². The number of hydrogen-bond acceptors (Lipinski definition) is 1. The number of rotatable bonds is 0. The van der Waals surface area contributed by atoms with Crippen molar-refractivity contribution < 1.29 is 7.54 Å². The average molecular weight is 135 g/mol. The van der Waals surface area contributed by atoms with E-state index in [1.807, 2.05) is 0 Å². The van der Waals surface area contributed by atoms with E-state index in [9.17, 15) is 4.79 Å². The lowest BCUT2D eigenvalue weighted by Gasteiger charge is -1.89. The maximum Gasteiger partial charge on any atom is 0.251 e. The molecule has 1 aromatic rings. The maximum absolute atomic E-state index is 11.1. The molecule has 0 atom stereocenters. The van der Waals surface area contributed by atoms with Crippen molar-refractivity contribution in [3.8, 4) is 0 Å². The highest BCUT2D eigenvalue weighted by Crippen LogP contribution is 2.13. The summed E-state index contributed by atoms with van der Waals surface area (Å²) in [6.07, 6.45) is 0. The Balaban J connectivity index is 2.66. The van der Waals surface area contributed by atoms with E-state index in [-0.39, 0.29) is 5.91 Å². The Hall–Kier alpha value is -1.31. The molecule has 0 unspecified atom stereocenters. The first-order chi connectivity index (χ1) is 5.61. The highest BCUT2D eigenvalue weighted by atomic mass is 16.1. The summed E-state index contributed by atoms with van der Waals surface area (Å²) in [5.41, 5.74) is 0.859. The molecule has 1 N–H and O–H groups in total. The Bertz CT molecular complexity index is 349. The molecule has 2 rings (SSSR count). The van der Waals surface area contributed by atoms with Crippen LogP contribution in [0.3, 0.4) is 0 Å². The number of benzene rings is 1. The first-order valence-electron chi connectivity index (χ1n) is 4.03. The van der Waals surface area contributed by atoms with Crippen LogP contribution in [0.2, 0.25) is 0 Å². The highest BCUT2D eigenvalue weighted by Gasteiger charge is 2.16. The largest absolute Gasteiger partial charge is 0.348 e. The summed E-state index contributed by atoms with van der Waals surface area (Å²) < 4.78 is 14.9. The van der Waals surface area contributed by atoms with Gasteiger partial charge in [-0.2, -0.15) is 0 Å². The van der Waals surface area contributed by atoms with Crippen molar-refractivity contribution in [2.45, 2.75) is 6.50 Å². The molecule has 0 fully saturated rings. The van der Waals surface area contributed by atoms with Crippen LogP contribution in [0.15, 0.2) is 24.3 Å². The monoisotopic (exact) mass is 135 g/mol. The molecule has 0 bridgehead atoms. The SMILES string of the molecule is [2H]C1([2H])NC(=O)c2ccccc21. The summed E-state index contributed by atoms with van der Waals surface area (Å²) in [6.45, 7) is -1.70. The van der Waals surface area contributed by atoms with Crippen LogP contribution in [0.25, 0.3) is 0 Å². The summed E-state index contributed by atoms with van der Waals surface area (Å²) in [7, 11) is 0. The molecule has 10 heavy (non-hydrogen) atoms. The van der Waals surface area contributed by atoms with E-state index in [4.69, 9.17) is 2.74 Å². The van der Waals surface area contributed by atoms with E-state index in [0.29, 0.717) is 11.1 Å². The predicted octanol–water partition coefficient (Wildman–Crippen LogP) is 0.930. The van der Waals surface area contributed by atoms with Gasteiger partial charge in [-0.25, -0.2) is 0 Å². The van der Waals surface area contributed by atoms with Gasteiger partial charge < -0.3 is 5.32 Å². The van der Waals surface area contributed by atoms with Crippen molar-refractivity contribution in [3.05, 3.63) is 35.4 Å². The molecule has 1 heterocycles. The minimum Gasteiger partial charge on any atom is -0.348 e. The van der Waals surface area contributed by atoms with Crippen LogP contribution in [0.4, 0.5) is 0 Å². The van der Waals surface area contributed by atoms with Gasteiger partial charge in [0, 0.05) is 12.1 Å². The third kappa shape index (κ3) is 0.620. The summed E-state index contributed by atoms with van der Waals surface area (Å²) in [5, 5.41) is 2.25. The molecular formula is C8H7NO. The number of hydrogen-bond donors (Lipinski definition) is 1. The number of amides is 1. The van der Waals surface area contributed by atoms with E-state index in [1.54, 1.807) is 24.3 Å². The molecule has 1 aromatic carbocycles. The fourth-order valence-electron chi connectivity index (χ4n) is 0.982. The van der Waals surface area contributed by atoms with Gasteiger partial charge in [0.25, 0.3) is 5.91 Å². The third-order valence-electron chi connectivity index (χ3n) is 1.48. The van der Waals surface area contributed by atoms with E-state index in [2.05, 4.69) is 5.32 Å². The van der Waals surface area contributed by atoms with Gasteiger partial charge in [-0.1, -0.05) is 18.2 Å². The van der Waals surface area contributed by atoms with Crippen LogP contribution in [-0.4, -0.2) is 5.91 Å². The molecule has 2 nitrogen and oxygen atoms in total. The van der Waals surface area contributed by atoms with Gasteiger partial charge in [0.05, 0.1) is 2.74 Å². The van der Waals surface area contributed by atoms with Gasteiger partial charge >= 0.3 is 0 Å². The third-order valence-corrected chi connectivity index (χ3v) is 1.48. The molecule has 2 heteroatoms. The number of carbonyl (C=O) groups is 1. The Labute approximate surface area is 61.7 Å². The molecular weight excluding hydrogens is 126 g/mol. The molecule has 0 aromatic heterocycles. The van der Waals surface area contributed by atoms with Crippen LogP contribution in [0.1, 0.15) is 18.7 Å². The van der Waals surface area contributed by atoms with Gasteiger partial charge in [-0.3, -0.25) is 4.79 Å². The number of carbonyl (C=O) groups excluding carboxylic acids is 1. The summed E-state index contributed by atoms with van der Waals surface area (Å²) >= 11 is 0. The Morgan fingerprint density at radius 3 is 3.10 bits per heavy atom. The highest BCUT2D eigenvalue weighted by molar-refractivity contribution is 5.98. The van der Waals surface area contributed by atoms with E-state index >= 15 is 0 Å². The van der Waals surface area contributed by atoms with Gasteiger partial charge in [0.1, 0.15) is 0 Å². The lowest BCUT2D eigenvalue weighted by atomic mass is 10.1. The van der Waals surface area contributed by atoms with Gasteiger partial charge in [0.15, 0.2) is 0 Å². The van der Waals surface area contributed by atoms with Crippen LogP contribution in [0, 0.1) is 0 Å². The molecule has 0 saturated carbocycles. The van der Waals surface area contributed by atoms with E-state index in [1.165, 1.54) is 0 Å². The second kappa shape index (κ2) is 1.84. The first kappa shape index (κ1) is 3.76. The van der Waals surface area contributed by atoms with Crippen molar-refractivity contribution >= 4 is 5.91 Å². The smallest absolute Gasteiger partial charge is 0.251 e. The molecule has 0 aliphatic carbocycles. The number of nitrogens with one attached hydrogen (secondary N) is 1. The van der Waals surface area contributed by atoms with Crippen molar-refractivity contribution in [2.75, 3.05) is 0 Å². The molecule has 0 spiro atoms. The lowest BCUT2D eigenvalue weighted by molar-refractivity contribution is 0.0966. The van der Waals surface area contributed by atoms with E-state index in [0.717, 1.165) is 0 Å². The Kier molecular flexibility index (Phi) is 0.691. The van der Waals surface area contributed by atoms with E-state index < -0.39 is 6.50 Å². The first-order valence-corrected chi connectivity index (χ1v) is 3.03. The molecule has 0 saturated heterocycles. The predicted molar refractivity (Wildman–Crippen MR) is 37.6 cm³/mol. The van der Waals surface area contributed by atoms with Crippen LogP contribution in [0.5, 0.6) is 0 Å². The fraction of sp³-hybridized carbons (Fsp3) is 0.125. The Morgan fingerprint density at radius 1 is 1.50 bits per heavy atom. The Morgan fingerprint density at radius 2 is 2.30 bits per heavy atom. The fourth-order valence-corrected chi connectivity index (χ4v) is 0.982. The molecule has 1 amide bonds.